The van der Waals surface area contributed by atoms with E-state index in [2.05, 4.69) is 20.8 Å². The number of ether oxygens (including phenoxy) is 2. The lowest BCUT2D eigenvalue weighted by atomic mass is 9.64. The van der Waals surface area contributed by atoms with E-state index in [0.29, 0.717) is 36.8 Å². The van der Waals surface area contributed by atoms with Gasteiger partial charge in [-0.05, 0) is 24.2 Å². The molecule has 2 saturated carbocycles. The second-order valence-electron chi connectivity index (χ2n) is 6.87. The average molecular weight is 252 g/mol. The number of carbonyl (C=O) groups is 1. The van der Waals surface area contributed by atoms with Gasteiger partial charge in [0.25, 0.3) is 0 Å². The van der Waals surface area contributed by atoms with Gasteiger partial charge in [0, 0.05) is 24.7 Å². The summed E-state index contributed by atoms with van der Waals surface area (Å²) in [4.78, 5) is 12.4. The summed E-state index contributed by atoms with van der Waals surface area (Å²) in [5.74, 6) is 1.63. The molecule has 3 heteroatoms. The minimum Gasteiger partial charge on any atom is -0.348 e. The highest BCUT2D eigenvalue weighted by Crippen LogP contribution is 2.58. The number of rotatable bonds is 1. The van der Waals surface area contributed by atoms with Crippen LogP contribution in [0.1, 0.15) is 46.5 Å². The summed E-state index contributed by atoms with van der Waals surface area (Å²) in [6, 6.07) is 0. The van der Waals surface area contributed by atoms with Crippen LogP contribution in [0.3, 0.4) is 0 Å². The van der Waals surface area contributed by atoms with Crippen LogP contribution in [-0.4, -0.2) is 24.8 Å². The molecule has 0 bridgehead atoms. The van der Waals surface area contributed by atoms with Gasteiger partial charge < -0.3 is 9.47 Å². The Kier molecular flexibility index (Phi) is 2.83. The van der Waals surface area contributed by atoms with Crippen molar-refractivity contribution in [2.75, 3.05) is 13.2 Å². The van der Waals surface area contributed by atoms with Crippen LogP contribution in [0.5, 0.6) is 0 Å². The first-order valence-corrected chi connectivity index (χ1v) is 7.28. The third-order valence-corrected chi connectivity index (χ3v) is 5.62. The van der Waals surface area contributed by atoms with Crippen LogP contribution in [0.25, 0.3) is 0 Å². The lowest BCUT2D eigenvalue weighted by Crippen LogP contribution is -2.46. The molecule has 0 N–H and O–H groups in total. The summed E-state index contributed by atoms with van der Waals surface area (Å²) >= 11 is 0. The van der Waals surface area contributed by atoms with Crippen LogP contribution >= 0.6 is 0 Å². The molecule has 1 heterocycles. The first-order valence-electron chi connectivity index (χ1n) is 7.28. The van der Waals surface area contributed by atoms with Crippen molar-refractivity contribution in [1.29, 1.82) is 0 Å². The number of carbonyl (C=O) groups excluding carboxylic acids is 1. The van der Waals surface area contributed by atoms with E-state index in [-0.39, 0.29) is 11.2 Å². The van der Waals surface area contributed by atoms with E-state index in [1.165, 1.54) is 0 Å². The van der Waals surface area contributed by atoms with E-state index >= 15 is 0 Å². The molecule has 102 valence electrons. The number of hydrogen-bond donors (Lipinski definition) is 0. The predicted molar refractivity (Wildman–Crippen MR) is 68.0 cm³/mol. The molecule has 2 aliphatic carbocycles. The van der Waals surface area contributed by atoms with Crippen molar-refractivity contribution in [2.45, 2.75) is 52.2 Å². The largest absolute Gasteiger partial charge is 0.348 e. The monoisotopic (exact) mass is 252 g/mol. The maximum atomic E-state index is 12.4. The number of fused-ring (bicyclic) bond motifs is 1. The van der Waals surface area contributed by atoms with Crippen LogP contribution in [0, 0.1) is 23.2 Å². The minimum absolute atomic E-state index is 0.116. The van der Waals surface area contributed by atoms with Gasteiger partial charge in [-0.3, -0.25) is 4.79 Å². The topological polar surface area (TPSA) is 35.5 Å². The van der Waals surface area contributed by atoms with E-state index in [1.807, 2.05) is 0 Å². The zero-order valence-electron chi connectivity index (χ0n) is 11.7. The summed E-state index contributed by atoms with van der Waals surface area (Å²) in [5.41, 5.74) is -0.116. The minimum atomic E-state index is -0.359. The standard InChI is InChI=1S/C15H24O3/c1-10(2)11-8-13(16)14(3)4-5-15(9-12(11)14)17-6-7-18-15/h10-12H,4-9H2,1-3H3/t11-,12+,14-/m0/s1. The van der Waals surface area contributed by atoms with E-state index in [0.717, 1.165) is 25.7 Å². The van der Waals surface area contributed by atoms with E-state index < -0.39 is 0 Å². The molecule has 1 spiro atoms. The van der Waals surface area contributed by atoms with E-state index in [1.54, 1.807) is 0 Å². The maximum absolute atomic E-state index is 12.4. The highest BCUT2D eigenvalue weighted by molar-refractivity contribution is 5.87. The Balaban J connectivity index is 1.88. The Morgan fingerprint density at radius 1 is 1.22 bits per heavy atom. The summed E-state index contributed by atoms with van der Waals surface area (Å²) in [5, 5.41) is 0. The molecule has 18 heavy (non-hydrogen) atoms. The van der Waals surface area contributed by atoms with Crippen molar-refractivity contribution in [3.63, 3.8) is 0 Å². The highest BCUT2D eigenvalue weighted by Gasteiger charge is 2.59. The molecule has 3 nitrogen and oxygen atoms in total. The normalized spacial score (nSPS) is 42.8. The Labute approximate surface area is 109 Å². The molecule has 0 aromatic rings. The molecule has 0 radical (unpaired) electrons. The van der Waals surface area contributed by atoms with Crippen molar-refractivity contribution >= 4 is 5.78 Å². The van der Waals surface area contributed by atoms with Gasteiger partial charge in [-0.1, -0.05) is 20.8 Å². The second-order valence-corrected chi connectivity index (χ2v) is 6.87. The summed E-state index contributed by atoms with van der Waals surface area (Å²) in [7, 11) is 0. The van der Waals surface area contributed by atoms with Gasteiger partial charge in [-0.2, -0.15) is 0 Å². The molecule has 1 saturated heterocycles. The summed E-state index contributed by atoms with van der Waals surface area (Å²) in [6.45, 7) is 8.07. The van der Waals surface area contributed by atoms with Gasteiger partial charge >= 0.3 is 0 Å². The predicted octanol–water partition coefficient (Wildman–Crippen LogP) is 2.78. The Hall–Kier alpha value is -0.410. The van der Waals surface area contributed by atoms with Crippen LogP contribution in [0.15, 0.2) is 0 Å². The van der Waals surface area contributed by atoms with Crippen LogP contribution in [0.2, 0.25) is 0 Å². The van der Waals surface area contributed by atoms with Gasteiger partial charge in [-0.25, -0.2) is 0 Å². The average Bonchev–Trinajstić information content (AvgIpc) is 2.87. The van der Waals surface area contributed by atoms with Crippen molar-refractivity contribution in [2.24, 2.45) is 23.2 Å². The number of Topliss-reactive ketones (excluding diaryl/α,β-unsaturated/α-hetero) is 1. The molecule has 3 fully saturated rings. The first kappa shape index (κ1) is 12.6. The van der Waals surface area contributed by atoms with Gasteiger partial charge in [0.15, 0.2) is 5.79 Å². The lowest BCUT2D eigenvalue weighted by molar-refractivity contribution is -0.206. The fourth-order valence-electron chi connectivity index (χ4n) is 4.32. The molecule has 0 unspecified atom stereocenters. The number of hydrogen-bond acceptors (Lipinski definition) is 3. The molecular formula is C15H24O3. The third-order valence-electron chi connectivity index (χ3n) is 5.62. The quantitative estimate of drug-likeness (QED) is 0.720. The summed E-state index contributed by atoms with van der Waals surface area (Å²) in [6.07, 6.45) is 3.49. The molecule has 0 aromatic heterocycles. The van der Waals surface area contributed by atoms with Gasteiger partial charge in [0.1, 0.15) is 5.78 Å². The highest BCUT2D eigenvalue weighted by atomic mass is 16.7. The molecule has 3 atom stereocenters. The Bertz CT molecular complexity index is 357. The van der Waals surface area contributed by atoms with Crippen molar-refractivity contribution in [3.05, 3.63) is 0 Å². The molecule has 1 aliphatic heterocycles. The molecular weight excluding hydrogens is 228 g/mol. The fraction of sp³-hybridized carbons (Fsp3) is 0.933. The first-order chi connectivity index (χ1) is 8.47. The Morgan fingerprint density at radius 3 is 2.50 bits per heavy atom. The molecule has 3 aliphatic rings. The van der Waals surface area contributed by atoms with E-state index in [9.17, 15) is 4.79 Å². The SMILES string of the molecule is CC(C)[C@@H]1CC(=O)[C@@]2(C)CCC3(C[C@H]12)OCCO3. The van der Waals surface area contributed by atoms with Crippen molar-refractivity contribution in [1.82, 2.24) is 0 Å². The fourth-order valence-corrected chi connectivity index (χ4v) is 4.32. The zero-order valence-corrected chi connectivity index (χ0v) is 11.7. The van der Waals surface area contributed by atoms with Gasteiger partial charge in [-0.15, -0.1) is 0 Å². The third kappa shape index (κ3) is 1.67. The lowest BCUT2D eigenvalue weighted by Gasteiger charge is -2.45. The van der Waals surface area contributed by atoms with Gasteiger partial charge in [0.05, 0.1) is 13.2 Å². The molecule has 0 amide bonds. The maximum Gasteiger partial charge on any atom is 0.168 e. The smallest absolute Gasteiger partial charge is 0.168 e. The van der Waals surface area contributed by atoms with Crippen molar-refractivity contribution < 1.29 is 14.3 Å². The van der Waals surface area contributed by atoms with Crippen LogP contribution < -0.4 is 0 Å². The molecule has 3 rings (SSSR count). The van der Waals surface area contributed by atoms with Crippen LogP contribution in [0.4, 0.5) is 0 Å². The van der Waals surface area contributed by atoms with Gasteiger partial charge in [0.2, 0.25) is 0 Å². The zero-order chi connectivity index (χ0) is 13.0. The van der Waals surface area contributed by atoms with Crippen LogP contribution in [-0.2, 0) is 14.3 Å². The van der Waals surface area contributed by atoms with E-state index in [4.69, 9.17) is 9.47 Å². The van der Waals surface area contributed by atoms with Crippen molar-refractivity contribution in [3.8, 4) is 0 Å². The Morgan fingerprint density at radius 2 is 1.89 bits per heavy atom. The molecule has 0 aromatic carbocycles. The number of ketones is 1. The second kappa shape index (κ2) is 4.04. The summed E-state index contributed by atoms with van der Waals surface area (Å²) < 4.78 is 11.7.